The largest absolute Gasteiger partial charge is 0.328 e. The van der Waals surface area contributed by atoms with E-state index in [2.05, 4.69) is 255 Å². The Balaban J connectivity index is 1.18. The highest BCUT2D eigenvalue weighted by molar-refractivity contribution is 6.95. The average Bonchev–Trinajstić information content (AvgIpc) is 3.87. The van der Waals surface area contributed by atoms with Gasteiger partial charge in [-0.25, -0.2) is 4.98 Å². The quantitative estimate of drug-likeness (QED) is 0.149. The second kappa shape index (κ2) is 16.3. The number of fused-ring (bicyclic) bond motifs is 3. The minimum Gasteiger partial charge on any atom is -0.328 e. The van der Waals surface area contributed by atoms with E-state index < -0.39 is 0 Å². The lowest BCUT2D eigenvalue weighted by Gasteiger charge is -2.31. The molecule has 0 bridgehead atoms. The Bertz CT molecular complexity index is 3060. The van der Waals surface area contributed by atoms with Crippen LogP contribution in [0.2, 0.25) is 0 Å². The number of hydrogen-bond acceptors (Lipinski definition) is 3. The van der Waals surface area contributed by atoms with Gasteiger partial charge in [-0.15, -0.1) is 0 Å². The van der Waals surface area contributed by atoms with Crippen molar-refractivity contribution in [2.75, 3.05) is 16.5 Å². The molecule has 0 saturated carbocycles. The third-order valence-electron chi connectivity index (χ3n) is 13.3. The van der Waals surface area contributed by atoms with Gasteiger partial charge in [-0.3, -0.25) is 4.57 Å². The lowest BCUT2D eigenvalue weighted by atomic mass is 9.37. The van der Waals surface area contributed by atoms with Crippen LogP contribution in [0.25, 0.3) is 38.8 Å². The van der Waals surface area contributed by atoms with E-state index in [0.29, 0.717) is 0 Å². The van der Waals surface area contributed by atoms with E-state index in [0.717, 1.165) is 12.5 Å². The molecule has 0 amide bonds. The van der Waals surface area contributed by atoms with E-state index in [9.17, 15) is 0 Å². The Morgan fingerprint density at radius 3 is 1.71 bits per heavy atom. The van der Waals surface area contributed by atoms with Crippen molar-refractivity contribution < 1.29 is 0 Å². The van der Waals surface area contributed by atoms with Crippen LogP contribution < -0.4 is 26.2 Å². The maximum atomic E-state index is 5.07. The summed E-state index contributed by atoms with van der Waals surface area (Å²) in [5.41, 5.74) is 16.1. The predicted octanol–water partition coefficient (Wildman–Crippen LogP) is 13.4. The van der Waals surface area contributed by atoms with E-state index in [1.807, 2.05) is 6.20 Å². The Labute approximate surface area is 388 Å². The van der Waals surface area contributed by atoms with Crippen molar-refractivity contribution in [3.63, 3.8) is 0 Å². The summed E-state index contributed by atoms with van der Waals surface area (Å²) in [7, 11) is 0. The Kier molecular flexibility index (Phi) is 11.0. The molecule has 3 heterocycles. The van der Waals surface area contributed by atoms with Gasteiger partial charge >= 0.3 is 0 Å². The van der Waals surface area contributed by atoms with Crippen LogP contribution in [0.15, 0.2) is 170 Å². The number of anilines is 2. The fourth-order valence-corrected chi connectivity index (χ4v) is 9.50. The van der Waals surface area contributed by atoms with Crippen molar-refractivity contribution in [2.45, 2.75) is 99.3 Å². The summed E-state index contributed by atoms with van der Waals surface area (Å²) in [6.07, 6.45) is 4.37. The standard InChI is InChI=1S/C60H65BN4/c1-57(2,3)43-26-28-51-52-29-27-48(38-54(52)65(53(51)35-43)56-36-44(30-31-62-56)58(4,5)6)61(46-22-17-14-18-23-46)47-24-19-25-49(37-47)64-40-63(39-55(64)60(10,11)12)50-33-42(41-20-15-13-16-21-41)32-45(34-50)59(7,8)9/h13-39H,40H2,1-12H3. The monoisotopic (exact) mass is 853 g/mol. The predicted molar refractivity (Wildman–Crippen MR) is 281 cm³/mol. The maximum Gasteiger partial charge on any atom is 0.241 e. The number of allylic oxidation sites excluding steroid dienone is 1. The van der Waals surface area contributed by atoms with Crippen molar-refractivity contribution in [1.82, 2.24) is 9.55 Å². The summed E-state index contributed by atoms with van der Waals surface area (Å²) in [6.45, 7) is 28.3. The van der Waals surface area contributed by atoms with Crippen LogP contribution in [0.1, 0.15) is 99.8 Å². The molecule has 2 aromatic heterocycles. The SMILES string of the molecule is CC(C)(C)C1=CN(c2cc(-c3ccccc3)cc(C(C)(C)C)c2)CN1c1cccc(B(c2ccccc2)c2ccc3c4ccc(C(C)(C)C)cc4n(-c4cc(C(C)(C)C)ccn4)c3c2)c1. The Morgan fingerprint density at radius 2 is 1.05 bits per heavy atom. The number of rotatable bonds is 7. The molecule has 6 aromatic carbocycles. The molecule has 0 spiro atoms. The van der Waals surface area contributed by atoms with Crippen LogP contribution in [-0.4, -0.2) is 22.9 Å². The van der Waals surface area contributed by atoms with Crippen molar-refractivity contribution in [2.24, 2.45) is 5.41 Å². The summed E-state index contributed by atoms with van der Waals surface area (Å²) in [5, 5.41) is 2.47. The second-order valence-corrected chi connectivity index (χ2v) is 22.4. The summed E-state index contributed by atoms with van der Waals surface area (Å²) in [6, 6.07) is 56.8. The highest BCUT2D eigenvalue weighted by atomic mass is 15.4. The van der Waals surface area contributed by atoms with E-state index in [1.54, 1.807) is 0 Å². The molecule has 1 aliphatic rings. The first-order chi connectivity index (χ1) is 30.7. The molecule has 0 unspecified atom stereocenters. The van der Waals surface area contributed by atoms with Gasteiger partial charge in [-0.2, -0.15) is 0 Å². The molecule has 9 rings (SSSR count). The molecule has 0 fully saturated rings. The molecule has 0 radical (unpaired) electrons. The number of benzene rings is 6. The minimum atomic E-state index is -0.100. The fraction of sp³-hybridized carbons (Fsp3) is 0.283. The zero-order valence-electron chi connectivity index (χ0n) is 40.7. The summed E-state index contributed by atoms with van der Waals surface area (Å²) >= 11 is 0. The second-order valence-electron chi connectivity index (χ2n) is 22.4. The van der Waals surface area contributed by atoms with Crippen LogP contribution in [0.4, 0.5) is 11.4 Å². The number of pyridine rings is 1. The van der Waals surface area contributed by atoms with Gasteiger partial charge < -0.3 is 9.80 Å². The van der Waals surface area contributed by atoms with Gasteiger partial charge in [0.05, 0.1) is 17.7 Å². The first-order valence-electron chi connectivity index (χ1n) is 23.4. The topological polar surface area (TPSA) is 24.3 Å². The Morgan fingerprint density at radius 1 is 0.446 bits per heavy atom. The smallest absolute Gasteiger partial charge is 0.241 e. The van der Waals surface area contributed by atoms with Crippen LogP contribution in [0.5, 0.6) is 0 Å². The summed E-state index contributed by atoms with van der Waals surface area (Å²) in [5.74, 6) is 0.947. The first-order valence-corrected chi connectivity index (χ1v) is 23.4. The molecule has 8 aromatic rings. The molecule has 4 nitrogen and oxygen atoms in total. The fourth-order valence-electron chi connectivity index (χ4n) is 9.50. The van der Waals surface area contributed by atoms with Crippen molar-refractivity contribution in [3.05, 3.63) is 186 Å². The zero-order valence-corrected chi connectivity index (χ0v) is 40.7. The van der Waals surface area contributed by atoms with E-state index >= 15 is 0 Å². The molecule has 0 aliphatic carbocycles. The van der Waals surface area contributed by atoms with Gasteiger partial charge in [0.15, 0.2) is 0 Å². The van der Waals surface area contributed by atoms with Gasteiger partial charge in [0.25, 0.3) is 0 Å². The molecular formula is C60H65BN4. The van der Waals surface area contributed by atoms with Crippen molar-refractivity contribution in [1.29, 1.82) is 0 Å². The van der Waals surface area contributed by atoms with Crippen LogP contribution in [0, 0.1) is 5.41 Å². The lowest BCUT2D eigenvalue weighted by molar-refractivity contribution is 0.492. The van der Waals surface area contributed by atoms with E-state index in [4.69, 9.17) is 4.98 Å². The molecular weight excluding hydrogens is 787 g/mol. The lowest BCUT2D eigenvalue weighted by Crippen LogP contribution is -2.52. The van der Waals surface area contributed by atoms with E-state index in [-0.39, 0.29) is 28.4 Å². The van der Waals surface area contributed by atoms with Gasteiger partial charge in [0.1, 0.15) is 5.82 Å². The van der Waals surface area contributed by atoms with Crippen molar-refractivity contribution >= 4 is 56.3 Å². The maximum absolute atomic E-state index is 5.07. The minimum absolute atomic E-state index is 0.000718. The molecule has 0 atom stereocenters. The number of aromatic nitrogens is 2. The molecule has 1 aliphatic heterocycles. The third-order valence-corrected chi connectivity index (χ3v) is 13.3. The molecule has 65 heavy (non-hydrogen) atoms. The van der Waals surface area contributed by atoms with Crippen LogP contribution in [0.3, 0.4) is 0 Å². The van der Waals surface area contributed by atoms with Gasteiger partial charge in [-0.1, -0.05) is 203 Å². The van der Waals surface area contributed by atoms with Gasteiger partial charge in [-0.05, 0) is 92.6 Å². The van der Waals surface area contributed by atoms with Crippen LogP contribution >= 0.6 is 0 Å². The highest BCUT2D eigenvalue weighted by Gasteiger charge is 2.33. The molecule has 328 valence electrons. The van der Waals surface area contributed by atoms with Crippen LogP contribution in [-0.2, 0) is 16.2 Å². The number of nitrogens with zero attached hydrogens (tertiary/aromatic N) is 4. The third kappa shape index (κ3) is 8.66. The van der Waals surface area contributed by atoms with Gasteiger partial charge in [0, 0.05) is 45.7 Å². The van der Waals surface area contributed by atoms with Gasteiger partial charge in [0.2, 0.25) is 6.71 Å². The Hall–Kier alpha value is -6.33. The van der Waals surface area contributed by atoms with Crippen molar-refractivity contribution in [3.8, 4) is 16.9 Å². The first kappa shape index (κ1) is 43.9. The molecule has 0 N–H and O–H groups in total. The summed E-state index contributed by atoms with van der Waals surface area (Å²) < 4.78 is 2.41. The molecule has 0 saturated heterocycles. The average molecular weight is 853 g/mol. The summed E-state index contributed by atoms with van der Waals surface area (Å²) in [4.78, 5) is 10.0. The molecule has 5 heteroatoms. The van der Waals surface area contributed by atoms with E-state index in [1.165, 1.54) is 83.1 Å². The zero-order chi connectivity index (χ0) is 46.1. The normalized spacial score (nSPS) is 13.8. The number of hydrogen-bond donors (Lipinski definition) is 0. The highest BCUT2D eigenvalue weighted by Crippen LogP contribution is 2.41.